The van der Waals surface area contributed by atoms with Crippen molar-refractivity contribution in [1.82, 2.24) is 4.90 Å². The second-order valence-electron chi connectivity index (χ2n) is 4.99. The fourth-order valence-electron chi connectivity index (χ4n) is 2.54. The van der Waals surface area contributed by atoms with Gasteiger partial charge in [0.25, 0.3) is 0 Å². The van der Waals surface area contributed by atoms with Gasteiger partial charge in [0.1, 0.15) is 0 Å². The Morgan fingerprint density at radius 1 is 1.25 bits per heavy atom. The molecule has 0 unspecified atom stereocenters. The fourth-order valence-corrected chi connectivity index (χ4v) is 2.54. The summed E-state index contributed by atoms with van der Waals surface area (Å²) in [4.78, 5) is 2.54. The predicted octanol–water partition coefficient (Wildman–Crippen LogP) is 2.42. The summed E-state index contributed by atoms with van der Waals surface area (Å²) in [5.74, 6) is 0.672. The molecule has 1 aromatic rings. The highest BCUT2D eigenvalue weighted by Gasteiger charge is 2.28. The summed E-state index contributed by atoms with van der Waals surface area (Å²) in [7, 11) is 0. The smallest absolute Gasteiger partial charge is 0.0320 e. The summed E-state index contributed by atoms with van der Waals surface area (Å²) in [6.07, 6.45) is 1.24. The fraction of sp³-hybridized carbons (Fsp3) is 0.571. The molecule has 1 fully saturated rings. The lowest BCUT2D eigenvalue weighted by atomic mass is 10.0. The number of rotatable bonds is 3. The lowest BCUT2D eigenvalue weighted by molar-refractivity contribution is 0.248. The average molecular weight is 218 g/mol. The Morgan fingerprint density at radius 2 is 1.94 bits per heavy atom. The van der Waals surface area contributed by atoms with E-state index in [1.54, 1.807) is 0 Å². The van der Waals surface area contributed by atoms with Crippen molar-refractivity contribution in [3.05, 3.63) is 35.9 Å². The van der Waals surface area contributed by atoms with Gasteiger partial charge in [-0.05, 0) is 38.3 Å². The van der Waals surface area contributed by atoms with E-state index in [4.69, 9.17) is 5.73 Å². The summed E-state index contributed by atoms with van der Waals surface area (Å²) in [5.41, 5.74) is 7.38. The molecular formula is C14H22N2. The predicted molar refractivity (Wildman–Crippen MR) is 68.2 cm³/mol. The number of nitrogens with zero attached hydrogens (tertiary/aromatic N) is 1. The summed E-state index contributed by atoms with van der Waals surface area (Å²) >= 11 is 0. The minimum absolute atomic E-state index is 0.327. The van der Waals surface area contributed by atoms with E-state index in [2.05, 4.69) is 49.1 Å². The van der Waals surface area contributed by atoms with Crippen LogP contribution in [0.3, 0.4) is 0 Å². The summed E-state index contributed by atoms with van der Waals surface area (Å²) in [6.45, 7) is 6.75. The Hall–Kier alpha value is -0.860. The minimum atomic E-state index is 0.327. The van der Waals surface area contributed by atoms with E-state index >= 15 is 0 Å². The van der Waals surface area contributed by atoms with Crippen molar-refractivity contribution >= 4 is 0 Å². The van der Waals surface area contributed by atoms with Gasteiger partial charge < -0.3 is 5.73 Å². The molecule has 1 aromatic carbocycles. The third-order valence-corrected chi connectivity index (χ3v) is 3.83. The molecule has 2 rings (SSSR count). The van der Waals surface area contributed by atoms with Gasteiger partial charge in [0, 0.05) is 18.6 Å². The van der Waals surface area contributed by atoms with Gasteiger partial charge >= 0.3 is 0 Å². The number of likely N-dealkylation sites (tertiary alicyclic amines) is 1. The normalized spacial score (nSPS) is 25.6. The quantitative estimate of drug-likeness (QED) is 0.844. The first-order valence-electron chi connectivity index (χ1n) is 6.23. The topological polar surface area (TPSA) is 29.3 Å². The zero-order chi connectivity index (χ0) is 11.5. The first kappa shape index (κ1) is 11.6. The van der Waals surface area contributed by atoms with Crippen LogP contribution in [0, 0.1) is 5.92 Å². The second kappa shape index (κ2) is 4.98. The van der Waals surface area contributed by atoms with Crippen LogP contribution in [0.1, 0.15) is 31.9 Å². The maximum atomic E-state index is 5.97. The molecule has 0 saturated carbocycles. The van der Waals surface area contributed by atoms with E-state index in [0.29, 0.717) is 18.0 Å². The van der Waals surface area contributed by atoms with Crippen molar-refractivity contribution < 1.29 is 0 Å². The zero-order valence-corrected chi connectivity index (χ0v) is 10.3. The van der Waals surface area contributed by atoms with Gasteiger partial charge in [0.05, 0.1) is 0 Å². The van der Waals surface area contributed by atoms with Gasteiger partial charge in [-0.2, -0.15) is 0 Å². The molecule has 0 bridgehead atoms. The van der Waals surface area contributed by atoms with Crippen LogP contribution >= 0.6 is 0 Å². The molecule has 0 amide bonds. The molecule has 2 heteroatoms. The molecule has 1 aliphatic rings. The lowest BCUT2D eigenvalue weighted by Crippen LogP contribution is -2.30. The van der Waals surface area contributed by atoms with Gasteiger partial charge in [-0.15, -0.1) is 0 Å². The number of hydrogen-bond donors (Lipinski definition) is 1. The Kier molecular flexibility index (Phi) is 3.62. The van der Waals surface area contributed by atoms with Gasteiger partial charge in [-0.1, -0.05) is 30.3 Å². The molecule has 2 N–H and O–H groups in total. The number of nitrogens with two attached hydrogens (primary N) is 1. The van der Waals surface area contributed by atoms with E-state index in [1.165, 1.54) is 18.5 Å². The van der Waals surface area contributed by atoms with Crippen molar-refractivity contribution in [2.75, 3.05) is 13.1 Å². The number of hydrogen-bond acceptors (Lipinski definition) is 2. The molecule has 0 aromatic heterocycles. The highest BCUT2D eigenvalue weighted by molar-refractivity contribution is 5.18. The molecule has 1 saturated heterocycles. The van der Waals surface area contributed by atoms with E-state index in [9.17, 15) is 0 Å². The van der Waals surface area contributed by atoms with Crippen molar-refractivity contribution in [3.63, 3.8) is 0 Å². The molecule has 88 valence electrons. The first-order valence-corrected chi connectivity index (χ1v) is 6.23. The van der Waals surface area contributed by atoms with Crippen molar-refractivity contribution in [2.45, 2.75) is 32.4 Å². The average Bonchev–Trinajstić information content (AvgIpc) is 2.78. The second-order valence-corrected chi connectivity index (χ2v) is 4.99. The van der Waals surface area contributed by atoms with Crippen LogP contribution in [0.4, 0.5) is 0 Å². The highest BCUT2D eigenvalue weighted by atomic mass is 15.2. The van der Waals surface area contributed by atoms with Crippen LogP contribution < -0.4 is 5.73 Å². The zero-order valence-electron chi connectivity index (χ0n) is 10.3. The largest absolute Gasteiger partial charge is 0.328 e. The van der Waals surface area contributed by atoms with Crippen LogP contribution in [-0.2, 0) is 0 Å². The Morgan fingerprint density at radius 3 is 2.50 bits per heavy atom. The van der Waals surface area contributed by atoms with Gasteiger partial charge in [-0.25, -0.2) is 0 Å². The SMILES string of the molecule is C[C@@H](N)[C@@H]1CCN([C@@H](C)c2ccccc2)C1. The Balaban J connectivity index is 2.00. The van der Waals surface area contributed by atoms with Gasteiger partial charge in [-0.3, -0.25) is 4.90 Å². The van der Waals surface area contributed by atoms with Crippen LogP contribution in [0.2, 0.25) is 0 Å². The molecule has 0 radical (unpaired) electrons. The van der Waals surface area contributed by atoms with Crippen LogP contribution in [-0.4, -0.2) is 24.0 Å². The van der Waals surface area contributed by atoms with Crippen molar-refractivity contribution in [1.29, 1.82) is 0 Å². The molecule has 3 atom stereocenters. The third kappa shape index (κ3) is 2.45. The molecule has 16 heavy (non-hydrogen) atoms. The molecular weight excluding hydrogens is 196 g/mol. The van der Waals surface area contributed by atoms with Crippen molar-refractivity contribution in [2.24, 2.45) is 11.7 Å². The van der Waals surface area contributed by atoms with Crippen LogP contribution in [0.5, 0.6) is 0 Å². The van der Waals surface area contributed by atoms with Crippen molar-refractivity contribution in [3.8, 4) is 0 Å². The van der Waals surface area contributed by atoms with E-state index in [-0.39, 0.29) is 0 Å². The lowest BCUT2D eigenvalue weighted by Gasteiger charge is -2.25. The summed E-state index contributed by atoms with van der Waals surface area (Å²) < 4.78 is 0. The first-order chi connectivity index (χ1) is 7.68. The highest BCUT2D eigenvalue weighted by Crippen LogP contribution is 2.28. The number of benzene rings is 1. The maximum Gasteiger partial charge on any atom is 0.0320 e. The third-order valence-electron chi connectivity index (χ3n) is 3.83. The molecule has 2 nitrogen and oxygen atoms in total. The van der Waals surface area contributed by atoms with E-state index in [0.717, 1.165) is 6.54 Å². The maximum absolute atomic E-state index is 5.97. The summed E-state index contributed by atoms with van der Waals surface area (Å²) in [6, 6.07) is 11.6. The van der Waals surface area contributed by atoms with E-state index in [1.807, 2.05) is 0 Å². The van der Waals surface area contributed by atoms with Crippen LogP contribution in [0.15, 0.2) is 30.3 Å². The molecule has 0 aliphatic carbocycles. The Bertz CT molecular complexity index is 321. The standard InChI is InChI=1S/C14H22N2/c1-11(15)14-8-9-16(10-14)12(2)13-6-4-3-5-7-13/h3-7,11-12,14H,8-10,15H2,1-2H3/t11-,12+,14-/m1/s1. The molecule has 1 heterocycles. The minimum Gasteiger partial charge on any atom is -0.328 e. The summed E-state index contributed by atoms with van der Waals surface area (Å²) in [5, 5.41) is 0. The molecule has 1 aliphatic heterocycles. The van der Waals surface area contributed by atoms with Gasteiger partial charge in [0.15, 0.2) is 0 Å². The van der Waals surface area contributed by atoms with E-state index < -0.39 is 0 Å². The molecule has 0 spiro atoms. The Labute approximate surface area is 98.4 Å². The van der Waals surface area contributed by atoms with Crippen LogP contribution in [0.25, 0.3) is 0 Å². The van der Waals surface area contributed by atoms with Gasteiger partial charge in [0.2, 0.25) is 0 Å². The monoisotopic (exact) mass is 218 g/mol.